The Morgan fingerprint density at radius 2 is 1.91 bits per heavy atom. The number of nitrogens with one attached hydrogen (secondary N) is 1. The molecule has 2 rings (SSSR count). The van der Waals surface area contributed by atoms with Crippen molar-refractivity contribution in [1.29, 1.82) is 0 Å². The highest BCUT2D eigenvalue weighted by atomic mass is 35.5. The van der Waals surface area contributed by atoms with E-state index in [-0.39, 0.29) is 18.3 Å². The van der Waals surface area contributed by atoms with Gasteiger partial charge in [0.1, 0.15) is 0 Å². The molecule has 1 N–H and O–H groups in total. The van der Waals surface area contributed by atoms with Gasteiger partial charge < -0.3 is 15.1 Å². The molecule has 0 spiro atoms. The molecule has 1 unspecified atom stereocenters. The SMILES string of the molecule is CC(CN(C)CCC(=O)N1CCNCC1)c1ccccc1.Cl. The van der Waals surface area contributed by atoms with Crippen LogP contribution in [-0.2, 0) is 4.79 Å². The number of carbonyl (C=O) groups is 1. The van der Waals surface area contributed by atoms with Gasteiger partial charge in [0.15, 0.2) is 0 Å². The van der Waals surface area contributed by atoms with Crippen molar-refractivity contribution in [3.63, 3.8) is 0 Å². The summed E-state index contributed by atoms with van der Waals surface area (Å²) in [5, 5.41) is 3.27. The number of rotatable bonds is 6. The molecule has 22 heavy (non-hydrogen) atoms. The average molecular weight is 326 g/mol. The summed E-state index contributed by atoms with van der Waals surface area (Å²) >= 11 is 0. The summed E-state index contributed by atoms with van der Waals surface area (Å²) in [4.78, 5) is 16.4. The first-order chi connectivity index (χ1) is 10.2. The lowest BCUT2D eigenvalue weighted by molar-refractivity contribution is -0.132. The minimum absolute atomic E-state index is 0. The molecule has 1 fully saturated rings. The molecule has 1 aromatic rings. The van der Waals surface area contributed by atoms with Gasteiger partial charge in [-0.1, -0.05) is 37.3 Å². The Balaban J connectivity index is 0.00000242. The molecule has 1 atom stereocenters. The van der Waals surface area contributed by atoms with Crippen LogP contribution in [0.1, 0.15) is 24.8 Å². The number of amides is 1. The summed E-state index contributed by atoms with van der Waals surface area (Å²) in [6, 6.07) is 10.6. The number of hydrogen-bond donors (Lipinski definition) is 1. The maximum Gasteiger partial charge on any atom is 0.223 e. The fraction of sp³-hybridized carbons (Fsp3) is 0.588. The van der Waals surface area contributed by atoms with E-state index in [0.717, 1.165) is 39.3 Å². The molecule has 1 aromatic carbocycles. The number of carbonyl (C=O) groups excluding carboxylic acids is 1. The lowest BCUT2D eigenvalue weighted by atomic mass is 10.0. The molecule has 1 amide bonds. The average Bonchev–Trinajstić information content (AvgIpc) is 2.54. The molecule has 0 radical (unpaired) electrons. The highest BCUT2D eigenvalue weighted by Crippen LogP contribution is 2.15. The predicted octanol–water partition coefficient (Wildman–Crippen LogP) is 1.97. The van der Waals surface area contributed by atoms with Crippen LogP contribution in [0.5, 0.6) is 0 Å². The maximum absolute atomic E-state index is 12.1. The molecule has 1 saturated heterocycles. The van der Waals surface area contributed by atoms with Gasteiger partial charge in [0.2, 0.25) is 5.91 Å². The van der Waals surface area contributed by atoms with Gasteiger partial charge in [-0.15, -0.1) is 12.4 Å². The van der Waals surface area contributed by atoms with E-state index in [1.807, 2.05) is 11.0 Å². The van der Waals surface area contributed by atoms with Gasteiger partial charge in [-0.05, 0) is 18.5 Å². The second-order valence-electron chi connectivity index (χ2n) is 5.95. The highest BCUT2D eigenvalue weighted by Gasteiger charge is 2.17. The predicted molar refractivity (Wildman–Crippen MR) is 93.7 cm³/mol. The summed E-state index contributed by atoms with van der Waals surface area (Å²) in [7, 11) is 2.10. The summed E-state index contributed by atoms with van der Waals surface area (Å²) in [6.45, 7) is 7.61. The third-order valence-corrected chi connectivity index (χ3v) is 4.13. The first-order valence-electron chi connectivity index (χ1n) is 7.89. The fourth-order valence-electron chi connectivity index (χ4n) is 2.80. The molecule has 5 heteroatoms. The van der Waals surface area contributed by atoms with Crippen LogP contribution in [0.25, 0.3) is 0 Å². The van der Waals surface area contributed by atoms with Crippen molar-refractivity contribution in [2.75, 3.05) is 46.3 Å². The third-order valence-electron chi connectivity index (χ3n) is 4.13. The van der Waals surface area contributed by atoms with Gasteiger partial charge in [-0.25, -0.2) is 0 Å². The van der Waals surface area contributed by atoms with Crippen molar-refractivity contribution in [2.24, 2.45) is 0 Å². The largest absolute Gasteiger partial charge is 0.340 e. The molecular formula is C17H28ClN3O. The van der Waals surface area contributed by atoms with Crippen LogP contribution in [0.4, 0.5) is 0 Å². The van der Waals surface area contributed by atoms with Crippen LogP contribution in [-0.4, -0.2) is 62.0 Å². The number of nitrogens with zero attached hydrogens (tertiary/aromatic N) is 2. The lowest BCUT2D eigenvalue weighted by Gasteiger charge is -2.28. The van der Waals surface area contributed by atoms with Gasteiger partial charge in [-0.2, -0.15) is 0 Å². The van der Waals surface area contributed by atoms with E-state index in [9.17, 15) is 4.79 Å². The van der Waals surface area contributed by atoms with Gasteiger partial charge in [-0.3, -0.25) is 4.79 Å². The summed E-state index contributed by atoms with van der Waals surface area (Å²) in [5.41, 5.74) is 1.36. The Morgan fingerprint density at radius 1 is 1.27 bits per heavy atom. The van der Waals surface area contributed by atoms with E-state index < -0.39 is 0 Å². The van der Waals surface area contributed by atoms with Gasteiger partial charge in [0.05, 0.1) is 0 Å². The lowest BCUT2D eigenvalue weighted by Crippen LogP contribution is -2.47. The number of piperazine rings is 1. The van der Waals surface area contributed by atoms with E-state index in [4.69, 9.17) is 0 Å². The monoisotopic (exact) mass is 325 g/mol. The molecule has 1 heterocycles. The van der Waals surface area contributed by atoms with E-state index in [1.54, 1.807) is 0 Å². The molecule has 124 valence electrons. The Labute approximate surface area is 140 Å². The van der Waals surface area contributed by atoms with Crippen LogP contribution in [0, 0.1) is 0 Å². The standard InChI is InChI=1S/C17H27N3O.ClH/c1-15(16-6-4-3-5-7-16)14-19(2)11-8-17(21)20-12-9-18-10-13-20;/h3-7,15,18H,8-14H2,1-2H3;1H. The summed E-state index contributed by atoms with van der Waals surface area (Å²) < 4.78 is 0. The molecule has 0 bridgehead atoms. The minimum Gasteiger partial charge on any atom is -0.340 e. The number of benzene rings is 1. The number of likely N-dealkylation sites (N-methyl/N-ethyl adjacent to an activating group) is 1. The second-order valence-corrected chi connectivity index (χ2v) is 5.95. The molecular weight excluding hydrogens is 298 g/mol. The first-order valence-corrected chi connectivity index (χ1v) is 7.89. The van der Waals surface area contributed by atoms with E-state index in [1.165, 1.54) is 5.56 Å². The van der Waals surface area contributed by atoms with Crippen LogP contribution < -0.4 is 5.32 Å². The Morgan fingerprint density at radius 3 is 2.55 bits per heavy atom. The second kappa shape index (κ2) is 9.82. The molecule has 1 aliphatic heterocycles. The van der Waals surface area contributed by atoms with Crippen LogP contribution in [0.15, 0.2) is 30.3 Å². The zero-order chi connectivity index (χ0) is 15.1. The van der Waals surface area contributed by atoms with Crippen molar-refractivity contribution in [3.05, 3.63) is 35.9 Å². The van der Waals surface area contributed by atoms with E-state index in [2.05, 4.69) is 48.5 Å². The van der Waals surface area contributed by atoms with Crippen molar-refractivity contribution < 1.29 is 4.79 Å². The molecule has 0 saturated carbocycles. The Bertz CT molecular complexity index is 435. The smallest absolute Gasteiger partial charge is 0.223 e. The van der Waals surface area contributed by atoms with E-state index in [0.29, 0.717) is 12.3 Å². The summed E-state index contributed by atoms with van der Waals surface area (Å²) in [6.07, 6.45) is 0.623. The maximum atomic E-state index is 12.1. The van der Waals surface area contributed by atoms with E-state index >= 15 is 0 Å². The van der Waals surface area contributed by atoms with Crippen LogP contribution >= 0.6 is 12.4 Å². The highest BCUT2D eigenvalue weighted by molar-refractivity contribution is 5.85. The van der Waals surface area contributed by atoms with Crippen molar-refractivity contribution in [3.8, 4) is 0 Å². The topological polar surface area (TPSA) is 35.6 Å². The molecule has 0 aromatic heterocycles. The Hall–Kier alpha value is -1.10. The normalized spacial score (nSPS) is 16.2. The van der Waals surface area contributed by atoms with Crippen molar-refractivity contribution >= 4 is 18.3 Å². The number of halogens is 1. The van der Waals surface area contributed by atoms with Crippen molar-refractivity contribution in [1.82, 2.24) is 15.1 Å². The van der Waals surface area contributed by atoms with Crippen LogP contribution in [0.3, 0.4) is 0 Å². The quantitative estimate of drug-likeness (QED) is 0.868. The zero-order valence-corrected chi connectivity index (χ0v) is 14.4. The van der Waals surface area contributed by atoms with Gasteiger partial charge >= 0.3 is 0 Å². The third kappa shape index (κ3) is 5.95. The zero-order valence-electron chi connectivity index (χ0n) is 13.6. The van der Waals surface area contributed by atoms with Gasteiger partial charge in [0.25, 0.3) is 0 Å². The van der Waals surface area contributed by atoms with Gasteiger partial charge in [0, 0.05) is 45.7 Å². The molecule has 4 nitrogen and oxygen atoms in total. The van der Waals surface area contributed by atoms with Crippen molar-refractivity contribution in [2.45, 2.75) is 19.3 Å². The minimum atomic E-state index is 0. The number of hydrogen-bond acceptors (Lipinski definition) is 3. The van der Waals surface area contributed by atoms with Crippen LogP contribution in [0.2, 0.25) is 0 Å². The Kier molecular flexibility index (Phi) is 8.46. The molecule has 1 aliphatic rings. The fourth-order valence-corrected chi connectivity index (χ4v) is 2.80. The first kappa shape index (κ1) is 18.9. The molecule has 0 aliphatic carbocycles. The summed E-state index contributed by atoms with van der Waals surface area (Å²) in [5.74, 6) is 0.779.